The monoisotopic (exact) mass is 203 g/mol. The van der Waals surface area contributed by atoms with Gasteiger partial charge in [0.1, 0.15) is 0 Å². The zero-order valence-electron chi connectivity index (χ0n) is 10.0. The first-order valence-electron chi connectivity index (χ1n) is 5.93. The maximum Gasteiger partial charge on any atom is -0.00177 e. The van der Waals surface area contributed by atoms with Crippen molar-refractivity contribution in [2.75, 3.05) is 13.6 Å². The van der Waals surface area contributed by atoms with E-state index in [0.717, 1.165) is 18.4 Å². The summed E-state index contributed by atoms with van der Waals surface area (Å²) in [4.78, 5) is 0. The van der Waals surface area contributed by atoms with Crippen LogP contribution in [0.25, 0.3) is 0 Å². The van der Waals surface area contributed by atoms with E-state index in [1.54, 1.807) is 5.56 Å². The van der Waals surface area contributed by atoms with Crippen LogP contribution in [-0.2, 0) is 0 Å². The van der Waals surface area contributed by atoms with Crippen LogP contribution in [0.3, 0.4) is 0 Å². The van der Waals surface area contributed by atoms with Crippen molar-refractivity contribution in [3.05, 3.63) is 34.9 Å². The smallest absolute Gasteiger partial charge is 0.00177 e. The molecule has 2 rings (SSSR count). The van der Waals surface area contributed by atoms with Gasteiger partial charge in [-0.3, -0.25) is 0 Å². The summed E-state index contributed by atoms with van der Waals surface area (Å²) < 4.78 is 0. The van der Waals surface area contributed by atoms with Crippen LogP contribution in [0.5, 0.6) is 0 Å². The molecule has 1 aromatic rings. The first-order chi connectivity index (χ1) is 7.20. The molecule has 1 aliphatic rings. The molecule has 0 saturated heterocycles. The number of hydrogen-bond donors (Lipinski definition) is 1. The lowest BCUT2D eigenvalue weighted by Crippen LogP contribution is -2.32. The van der Waals surface area contributed by atoms with Gasteiger partial charge in [-0.2, -0.15) is 0 Å². The summed E-state index contributed by atoms with van der Waals surface area (Å²) in [6.07, 6.45) is 2.76. The topological polar surface area (TPSA) is 12.0 Å². The Bertz CT molecular complexity index is 323. The minimum absolute atomic E-state index is 0.802. The van der Waals surface area contributed by atoms with Crippen molar-refractivity contribution >= 4 is 0 Å². The van der Waals surface area contributed by atoms with E-state index < -0.39 is 0 Å². The lowest BCUT2D eigenvalue weighted by atomic mass is 9.69. The fourth-order valence-electron chi connectivity index (χ4n) is 2.74. The molecule has 0 spiro atoms. The standard InChI is InChI=1S/C14H21N/c1-10-6-11(2)8-13(7-10)14-5-4-12(14)9-15-3/h6-8,12,14-15H,4-5,9H2,1-3H3. The third kappa shape index (κ3) is 2.23. The van der Waals surface area contributed by atoms with Crippen molar-refractivity contribution in [3.63, 3.8) is 0 Å². The highest BCUT2D eigenvalue weighted by molar-refractivity contribution is 5.32. The van der Waals surface area contributed by atoms with E-state index >= 15 is 0 Å². The molecule has 0 aliphatic heterocycles. The predicted molar refractivity (Wildman–Crippen MR) is 65.3 cm³/mol. The number of nitrogens with one attached hydrogen (secondary N) is 1. The van der Waals surface area contributed by atoms with Crippen molar-refractivity contribution in [3.8, 4) is 0 Å². The van der Waals surface area contributed by atoms with E-state index in [1.807, 2.05) is 0 Å². The Morgan fingerprint density at radius 3 is 2.27 bits per heavy atom. The quantitative estimate of drug-likeness (QED) is 0.796. The third-order valence-electron chi connectivity index (χ3n) is 3.56. The van der Waals surface area contributed by atoms with Gasteiger partial charge in [-0.25, -0.2) is 0 Å². The Balaban J connectivity index is 2.15. The Kier molecular flexibility index (Phi) is 3.11. The average Bonchev–Trinajstić information content (AvgIpc) is 2.10. The Hall–Kier alpha value is -0.820. The van der Waals surface area contributed by atoms with E-state index in [4.69, 9.17) is 0 Å². The molecule has 1 fully saturated rings. The highest BCUT2D eigenvalue weighted by Crippen LogP contribution is 2.42. The molecule has 1 nitrogen and oxygen atoms in total. The molecule has 15 heavy (non-hydrogen) atoms. The highest BCUT2D eigenvalue weighted by Gasteiger charge is 2.31. The number of rotatable bonds is 3. The molecule has 0 radical (unpaired) electrons. The van der Waals surface area contributed by atoms with Crippen LogP contribution in [0.1, 0.15) is 35.4 Å². The van der Waals surface area contributed by atoms with Gasteiger partial charge >= 0.3 is 0 Å². The highest BCUT2D eigenvalue weighted by atomic mass is 14.8. The summed E-state index contributed by atoms with van der Waals surface area (Å²) in [7, 11) is 2.05. The van der Waals surface area contributed by atoms with Crippen LogP contribution in [0.15, 0.2) is 18.2 Å². The minimum Gasteiger partial charge on any atom is -0.319 e. The number of aryl methyl sites for hydroxylation is 2. The zero-order valence-corrected chi connectivity index (χ0v) is 10.0. The lowest BCUT2D eigenvalue weighted by Gasteiger charge is -2.37. The van der Waals surface area contributed by atoms with Gasteiger partial charge in [0.25, 0.3) is 0 Å². The molecule has 0 heterocycles. The van der Waals surface area contributed by atoms with Gasteiger partial charge in [-0.05, 0) is 57.7 Å². The van der Waals surface area contributed by atoms with E-state index in [1.165, 1.54) is 24.0 Å². The van der Waals surface area contributed by atoms with Crippen molar-refractivity contribution < 1.29 is 0 Å². The van der Waals surface area contributed by atoms with Gasteiger partial charge in [-0.1, -0.05) is 29.3 Å². The Morgan fingerprint density at radius 2 is 1.80 bits per heavy atom. The largest absolute Gasteiger partial charge is 0.319 e. The summed E-state index contributed by atoms with van der Waals surface area (Å²) in [6, 6.07) is 6.98. The second-order valence-corrected chi connectivity index (χ2v) is 4.92. The van der Waals surface area contributed by atoms with Gasteiger partial charge in [0.05, 0.1) is 0 Å². The van der Waals surface area contributed by atoms with Gasteiger partial charge in [0.2, 0.25) is 0 Å². The van der Waals surface area contributed by atoms with E-state index in [-0.39, 0.29) is 0 Å². The second-order valence-electron chi connectivity index (χ2n) is 4.92. The maximum atomic E-state index is 3.30. The SMILES string of the molecule is CNCC1CCC1c1cc(C)cc(C)c1. The fraction of sp³-hybridized carbons (Fsp3) is 0.571. The third-order valence-corrected chi connectivity index (χ3v) is 3.56. The summed E-state index contributed by atoms with van der Waals surface area (Å²) in [5.74, 6) is 1.66. The number of benzene rings is 1. The summed E-state index contributed by atoms with van der Waals surface area (Å²) in [5.41, 5.74) is 4.36. The van der Waals surface area contributed by atoms with E-state index in [2.05, 4.69) is 44.4 Å². The van der Waals surface area contributed by atoms with Crippen LogP contribution in [-0.4, -0.2) is 13.6 Å². The molecule has 1 heteroatoms. The van der Waals surface area contributed by atoms with Gasteiger partial charge < -0.3 is 5.32 Å². The lowest BCUT2D eigenvalue weighted by molar-refractivity contribution is 0.250. The molecule has 0 amide bonds. The molecule has 0 bridgehead atoms. The van der Waals surface area contributed by atoms with E-state index in [9.17, 15) is 0 Å². The molecule has 2 unspecified atom stereocenters. The normalized spacial score (nSPS) is 25.0. The fourth-order valence-corrected chi connectivity index (χ4v) is 2.74. The van der Waals surface area contributed by atoms with Crippen molar-refractivity contribution in [2.24, 2.45) is 5.92 Å². The molecule has 0 aromatic heterocycles. The van der Waals surface area contributed by atoms with Crippen LogP contribution in [0.2, 0.25) is 0 Å². The molecule has 82 valence electrons. The maximum absolute atomic E-state index is 3.30. The van der Waals surface area contributed by atoms with Gasteiger partial charge in [0, 0.05) is 0 Å². The van der Waals surface area contributed by atoms with Crippen molar-refractivity contribution in [1.82, 2.24) is 5.32 Å². The minimum atomic E-state index is 0.802. The molecule has 1 aliphatic carbocycles. The average molecular weight is 203 g/mol. The molecular formula is C14H21N. The van der Waals surface area contributed by atoms with Gasteiger partial charge in [0.15, 0.2) is 0 Å². The van der Waals surface area contributed by atoms with Crippen molar-refractivity contribution in [1.29, 1.82) is 0 Å². The van der Waals surface area contributed by atoms with Crippen LogP contribution < -0.4 is 5.32 Å². The summed E-state index contributed by atoms with van der Waals surface area (Å²) >= 11 is 0. The van der Waals surface area contributed by atoms with Gasteiger partial charge in [-0.15, -0.1) is 0 Å². The first-order valence-corrected chi connectivity index (χ1v) is 5.93. The first kappa shape index (κ1) is 10.7. The molecule has 1 saturated carbocycles. The number of hydrogen-bond acceptors (Lipinski definition) is 1. The van der Waals surface area contributed by atoms with Crippen LogP contribution >= 0.6 is 0 Å². The Labute approximate surface area is 92.9 Å². The second kappa shape index (κ2) is 4.36. The molecule has 1 aromatic carbocycles. The van der Waals surface area contributed by atoms with E-state index in [0.29, 0.717) is 0 Å². The van der Waals surface area contributed by atoms with Crippen molar-refractivity contribution in [2.45, 2.75) is 32.6 Å². The van der Waals surface area contributed by atoms with Crippen LogP contribution in [0, 0.1) is 19.8 Å². The predicted octanol–water partition coefficient (Wildman–Crippen LogP) is 3.02. The molecular weight excluding hydrogens is 182 g/mol. The van der Waals surface area contributed by atoms with Crippen LogP contribution in [0.4, 0.5) is 0 Å². The zero-order chi connectivity index (χ0) is 10.8. The summed E-state index contributed by atoms with van der Waals surface area (Å²) in [6.45, 7) is 5.56. The molecule has 2 atom stereocenters. The Morgan fingerprint density at radius 1 is 1.13 bits per heavy atom. The summed E-state index contributed by atoms with van der Waals surface area (Å²) in [5, 5.41) is 3.30. The molecule has 1 N–H and O–H groups in total.